The number of aromatic nitrogens is 5. The quantitative estimate of drug-likeness (QED) is 0.163. The lowest BCUT2D eigenvalue weighted by atomic mass is 9.82. The van der Waals surface area contributed by atoms with Gasteiger partial charge in [-0.3, -0.25) is 14.3 Å². The lowest BCUT2D eigenvalue weighted by Crippen LogP contribution is -2.46. The SMILES string of the molecule is COc1ccc2c(c1)[C@@]1(O[C@H](CCn3cc(C(CO)c4ccccc4)nn3)[C@@H]([Si](C)(C)O)[C@@H]1C)C(=O)N2Cc1cccc(-n2ncc3ccccc3c2=O)c1. The molecule has 282 valence electrons. The molecule has 0 aliphatic carbocycles. The molecule has 55 heavy (non-hydrogen) atoms. The molecule has 0 radical (unpaired) electrons. The fourth-order valence-electron chi connectivity index (χ4n) is 8.75. The summed E-state index contributed by atoms with van der Waals surface area (Å²) in [6, 6.07) is 30.2. The molecule has 2 aliphatic heterocycles. The molecule has 6 aromatic rings. The molecule has 4 aromatic carbocycles. The zero-order valence-corrected chi connectivity index (χ0v) is 32.2. The highest BCUT2D eigenvalue weighted by Gasteiger charge is 2.66. The van der Waals surface area contributed by atoms with Crippen LogP contribution in [0.15, 0.2) is 114 Å². The van der Waals surface area contributed by atoms with Crippen LogP contribution >= 0.6 is 0 Å². The van der Waals surface area contributed by atoms with Gasteiger partial charge >= 0.3 is 0 Å². The van der Waals surface area contributed by atoms with Gasteiger partial charge in [-0.1, -0.05) is 72.8 Å². The van der Waals surface area contributed by atoms with Gasteiger partial charge in [-0.15, -0.1) is 5.10 Å². The number of hydrogen-bond donors (Lipinski definition) is 2. The first-order chi connectivity index (χ1) is 26.5. The minimum absolute atomic E-state index is 0.106. The largest absolute Gasteiger partial charge is 0.497 e. The zero-order chi connectivity index (χ0) is 38.5. The van der Waals surface area contributed by atoms with Crippen molar-refractivity contribution in [3.63, 3.8) is 0 Å². The number of amides is 1. The Balaban J connectivity index is 1.10. The Kier molecular flexibility index (Phi) is 9.50. The summed E-state index contributed by atoms with van der Waals surface area (Å²) in [5.41, 5.74) is 2.53. The minimum Gasteiger partial charge on any atom is -0.497 e. The van der Waals surface area contributed by atoms with Crippen molar-refractivity contribution in [2.45, 2.75) is 62.7 Å². The molecule has 0 saturated carbocycles. The summed E-state index contributed by atoms with van der Waals surface area (Å²) in [7, 11) is -1.33. The average Bonchev–Trinajstić information content (AvgIpc) is 3.85. The van der Waals surface area contributed by atoms with Crippen LogP contribution in [0.4, 0.5) is 5.69 Å². The van der Waals surface area contributed by atoms with E-state index in [0.29, 0.717) is 46.7 Å². The van der Waals surface area contributed by atoms with Crippen molar-refractivity contribution in [1.29, 1.82) is 0 Å². The number of aryl methyl sites for hydroxylation is 1. The molecule has 13 heteroatoms. The zero-order valence-electron chi connectivity index (χ0n) is 31.2. The maximum Gasteiger partial charge on any atom is 0.279 e. The predicted octanol–water partition coefficient (Wildman–Crippen LogP) is 5.54. The Bertz CT molecular complexity index is 2430. The van der Waals surface area contributed by atoms with Crippen LogP contribution in [0.3, 0.4) is 0 Å². The highest BCUT2D eigenvalue weighted by molar-refractivity contribution is 6.71. The number of anilines is 1. The minimum atomic E-state index is -2.93. The highest BCUT2D eigenvalue weighted by Crippen LogP contribution is 2.60. The Hall–Kier alpha value is -5.47. The van der Waals surface area contributed by atoms with Gasteiger partial charge in [-0.2, -0.15) is 9.78 Å². The summed E-state index contributed by atoms with van der Waals surface area (Å²) in [5, 5.41) is 24.8. The Labute approximate surface area is 319 Å². The van der Waals surface area contributed by atoms with Gasteiger partial charge in [0.05, 0.1) is 60.9 Å². The number of rotatable bonds is 11. The first kappa shape index (κ1) is 36.5. The first-order valence-corrected chi connectivity index (χ1v) is 21.6. The Morgan fingerprint density at radius 3 is 2.53 bits per heavy atom. The molecule has 2 aliphatic rings. The molecular formula is C42H44N6O6Si. The van der Waals surface area contributed by atoms with Crippen LogP contribution in [0.2, 0.25) is 18.6 Å². The number of aliphatic hydroxyl groups is 1. The van der Waals surface area contributed by atoms with Crippen molar-refractivity contribution < 1.29 is 24.2 Å². The summed E-state index contributed by atoms with van der Waals surface area (Å²) < 4.78 is 15.8. The van der Waals surface area contributed by atoms with Gasteiger partial charge in [0, 0.05) is 35.2 Å². The average molecular weight is 757 g/mol. The summed E-state index contributed by atoms with van der Waals surface area (Å²) in [4.78, 5) is 42.1. The number of ether oxygens (including phenoxy) is 2. The van der Waals surface area contributed by atoms with Gasteiger partial charge < -0.3 is 24.3 Å². The van der Waals surface area contributed by atoms with Crippen molar-refractivity contribution in [2.75, 3.05) is 18.6 Å². The molecule has 5 atom stereocenters. The molecule has 8 rings (SSSR count). The third-order valence-electron chi connectivity index (χ3n) is 11.3. The number of methoxy groups -OCH3 is 1. The van der Waals surface area contributed by atoms with Gasteiger partial charge in [0.2, 0.25) is 0 Å². The summed E-state index contributed by atoms with van der Waals surface area (Å²) in [5.74, 6) is -0.295. The smallest absolute Gasteiger partial charge is 0.279 e. The van der Waals surface area contributed by atoms with Crippen LogP contribution in [0.1, 0.15) is 41.6 Å². The van der Waals surface area contributed by atoms with Crippen molar-refractivity contribution in [3.8, 4) is 11.4 Å². The van der Waals surface area contributed by atoms with E-state index in [1.54, 1.807) is 29.0 Å². The normalized spacial score (nSPS) is 21.4. The molecule has 1 spiro atoms. The lowest BCUT2D eigenvalue weighted by Gasteiger charge is -2.32. The van der Waals surface area contributed by atoms with Gasteiger partial charge in [-0.05, 0) is 67.0 Å². The first-order valence-electron chi connectivity index (χ1n) is 18.6. The Morgan fingerprint density at radius 1 is 0.982 bits per heavy atom. The molecular weight excluding hydrogens is 713 g/mol. The number of aliphatic hydroxyl groups excluding tert-OH is 1. The van der Waals surface area contributed by atoms with E-state index in [-0.39, 0.29) is 42.0 Å². The van der Waals surface area contributed by atoms with Crippen LogP contribution in [-0.4, -0.2) is 68.7 Å². The fourth-order valence-corrected chi connectivity index (χ4v) is 11.4. The number of nitrogens with zero attached hydrogens (tertiary/aromatic N) is 6. The van der Waals surface area contributed by atoms with E-state index in [4.69, 9.17) is 9.47 Å². The van der Waals surface area contributed by atoms with E-state index in [9.17, 15) is 14.7 Å². The molecule has 4 heterocycles. The van der Waals surface area contributed by atoms with E-state index >= 15 is 4.79 Å². The molecule has 1 saturated heterocycles. The summed E-state index contributed by atoms with van der Waals surface area (Å²) in [6.45, 7) is 6.37. The van der Waals surface area contributed by atoms with E-state index < -0.39 is 20.0 Å². The number of carbonyl (C=O) groups excluding carboxylic acids is 1. The number of fused-ring (bicyclic) bond motifs is 3. The van der Waals surface area contributed by atoms with Gasteiger partial charge in [0.25, 0.3) is 11.5 Å². The summed E-state index contributed by atoms with van der Waals surface area (Å²) in [6.07, 6.45) is 3.54. The van der Waals surface area contributed by atoms with Gasteiger partial charge in [-0.25, -0.2) is 0 Å². The van der Waals surface area contributed by atoms with Crippen LogP contribution in [0, 0.1) is 5.92 Å². The molecule has 0 bridgehead atoms. The van der Waals surface area contributed by atoms with E-state index in [0.717, 1.165) is 16.5 Å². The van der Waals surface area contributed by atoms with Crippen molar-refractivity contribution >= 4 is 30.7 Å². The van der Waals surface area contributed by atoms with E-state index in [1.807, 2.05) is 117 Å². The van der Waals surface area contributed by atoms with Crippen LogP contribution in [-0.2, 0) is 28.2 Å². The van der Waals surface area contributed by atoms with Gasteiger partial charge in [0.15, 0.2) is 13.9 Å². The topological polar surface area (TPSA) is 145 Å². The maximum atomic E-state index is 15.1. The second-order valence-corrected chi connectivity index (χ2v) is 19.1. The number of benzene rings is 4. The third-order valence-corrected chi connectivity index (χ3v) is 13.8. The number of carbonyl (C=O) groups is 1. The highest BCUT2D eigenvalue weighted by atomic mass is 28.4. The van der Waals surface area contributed by atoms with Crippen molar-refractivity contribution in [3.05, 3.63) is 142 Å². The fraction of sp³-hybridized carbons (Fsp3) is 0.310. The second kappa shape index (κ2) is 14.3. The summed E-state index contributed by atoms with van der Waals surface area (Å²) >= 11 is 0. The lowest BCUT2D eigenvalue weighted by molar-refractivity contribution is -0.146. The monoisotopic (exact) mass is 756 g/mol. The Morgan fingerprint density at radius 2 is 1.76 bits per heavy atom. The number of hydrogen-bond acceptors (Lipinski definition) is 9. The van der Waals surface area contributed by atoms with E-state index in [1.165, 1.54) is 4.68 Å². The van der Waals surface area contributed by atoms with Crippen LogP contribution < -0.4 is 15.2 Å². The van der Waals surface area contributed by atoms with Crippen molar-refractivity contribution in [2.24, 2.45) is 5.92 Å². The second-order valence-electron chi connectivity index (χ2n) is 15.1. The van der Waals surface area contributed by atoms with Crippen LogP contribution in [0.5, 0.6) is 5.75 Å². The molecule has 1 unspecified atom stereocenters. The van der Waals surface area contributed by atoms with Crippen molar-refractivity contribution in [1.82, 2.24) is 24.8 Å². The van der Waals surface area contributed by atoms with Gasteiger partial charge in [0.1, 0.15) is 5.75 Å². The molecule has 12 nitrogen and oxygen atoms in total. The predicted molar refractivity (Wildman–Crippen MR) is 211 cm³/mol. The third kappa shape index (κ3) is 6.36. The maximum absolute atomic E-state index is 15.1. The molecule has 1 fully saturated rings. The van der Waals surface area contributed by atoms with Crippen LogP contribution in [0.25, 0.3) is 16.5 Å². The molecule has 1 amide bonds. The molecule has 2 N–H and O–H groups in total. The standard InChI is InChI=1S/C42H44N6O6Si/c1-27-39(55(3,4)52)38(19-20-46-25-36(44-45-46)34(26-49)29-12-6-5-7-13-29)54-42(27)35-22-32(53-2)17-18-37(35)47(41(42)51)24-28-11-10-15-31(21-28)48-40(50)33-16-9-8-14-30(33)23-43-48/h5-18,21-23,25,27,34,38-39,49,52H,19-20,24,26H2,1-4H3/t27-,34?,38+,39-,42+/m0/s1. The molecule has 2 aromatic heterocycles. The van der Waals surface area contributed by atoms with E-state index in [2.05, 4.69) is 15.4 Å².